The van der Waals surface area contributed by atoms with Crippen molar-refractivity contribution in [2.75, 3.05) is 24.7 Å². The highest BCUT2D eigenvalue weighted by atomic mass is 32.2. The molecule has 3 aromatic carbocycles. The number of rotatable bonds is 5. The summed E-state index contributed by atoms with van der Waals surface area (Å²) in [4.78, 5) is 18.5. The lowest BCUT2D eigenvalue weighted by Gasteiger charge is -2.23. The van der Waals surface area contributed by atoms with Crippen molar-refractivity contribution in [3.63, 3.8) is 0 Å². The molecule has 0 bridgehead atoms. The van der Waals surface area contributed by atoms with Gasteiger partial charge in [0.15, 0.2) is 0 Å². The SMILES string of the molecule is CNC(=O)c1c(-c2ccc(C)cc2)oc2cc(N(C)S(C)(=O)=O)c(-c3ccc4c(n3)-c3c(C)c5ccccc5n3CC4)cc12. The predicted octanol–water partition coefficient (Wildman–Crippen LogP) is 6.71. The van der Waals surface area contributed by atoms with Gasteiger partial charge in [-0.1, -0.05) is 54.1 Å². The first-order valence-electron chi connectivity index (χ1n) is 14.5. The van der Waals surface area contributed by atoms with Gasteiger partial charge in [-0.3, -0.25) is 9.10 Å². The molecule has 0 atom stereocenters. The molecular weight excluding hydrogens is 572 g/mol. The minimum absolute atomic E-state index is 0.298. The maximum absolute atomic E-state index is 13.3. The Kier molecular flexibility index (Phi) is 6.40. The Labute approximate surface area is 256 Å². The molecular formula is C35H32N4O4S. The largest absolute Gasteiger partial charge is 0.455 e. The van der Waals surface area contributed by atoms with Gasteiger partial charge in [0.05, 0.1) is 34.6 Å². The van der Waals surface area contributed by atoms with E-state index in [9.17, 15) is 13.2 Å². The number of nitrogens with one attached hydrogen (secondary N) is 1. The first-order valence-corrected chi connectivity index (χ1v) is 16.3. The number of anilines is 1. The van der Waals surface area contributed by atoms with Gasteiger partial charge in [-0.2, -0.15) is 0 Å². The standard InChI is InChI=1S/C35H32N4O4S/c1-20-10-12-23(13-11-20)34-31(35(40)36-3)26-18-25(29(19-30(26)43-34)38(4)44(5,41)42)27-15-14-22-16-17-39-28-9-7-6-8-24(28)21(2)33(39)32(22)37-27/h6-15,18-19H,16-17H2,1-5H3,(H,36,40). The number of fused-ring (bicyclic) bond motifs is 6. The lowest BCUT2D eigenvalue weighted by atomic mass is 9.97. The molecule has 1 amide bonds. The van der Waals surface area contributed by atoms with Crippen molar-refractivity contribution in [3.8, 4) is 34.0 Å². The Hall–Kier alpha value is -4.89. The highest BCUT2D eigenvalue weighted by Crippen LogP contribution is 2.43. The first kappa shape index (κ1) is 27.9. The van der Waals surface area contributed by atoms with Gasteiger partial charge in [0.2, 0.25) is 10.0 Å². The molecule has 7 rings (SSSR count). The van der Waals surface area contributed by atoms with E-state index >= 15 is 0 Å². The number of benzene rings is 3. The van der Waals surface area contributed by atoms with Crippen molar-refractivity contribution in [1.29, 1.82) is 0 Å². The van der Waals surface area contributed by atoms with Gasteiger partial charge in [-0.25, -0.2) is 13.4 Å². The summed E-state index contributed by atoms with van der Waals surface area (Å²) in [7, 11) is -0.545. The molecule has 8 nitrogen and oxygen atoms in total. The molecule has 4 heterocycles. The maximum atomic E-state index is 13.3. The van der Waals surface area contributed by atoms with Crippen molar-refractivity contribution in [2.24, 2.45) is 0 Å². The second-order valence-corrected chi connectivity index (χ2v) is 13.5. The lowest BCUT2D eigenvalue weighted by molar-refractivity contribution is 0.0964. The zero-order chi connectivity index (χ0) is 30.9. The zero-order valence-corrected chi connectivity index (χ0v) is 26.0. The maximum Gasteiger partial charge on any atom is 0.255 e. The number of hydrogen-bond donors (Lipinski definition) is 1. The van der Waals surface area contributed by atoms with E-state index in [1.54, 1.807) is 13.1 Å². The Balaban J connectivity index is 1.51. The van der Waals surface area contributed by atoms with Gasteiger partial charge < -0.3 is 14.3 Å². The van der Waals surface area contributed by atoms with E-state index in [0.29, 0.717) is 39.2 Å². The summed E-state index contributed by atoms with van der Waals surface area (Å²) in [6.07, 6.45) is 2.00. The number of amides is 1. The minimum Gasteiger partial charge on any atom is -0.455 e. The van der Waals surface area contributed by atoms with Gasteiger partial charge in [-0.15, -0.1) is 0 Å². The summed E-state index contributed by atoms with van der Waals surface area (Å²) in [5.74, 6) is 0.121. The number of sulfonamides is 1. The molecule has 0 spiro atoms. The summed E-state index contributed by atoms with van der Waals surface area (Å²) < 4.78 is 35.6. The van der Waals surface area contributed by atoms with Crippen LogP contribution < -0.4 is 9.62 Å². The molecule has 0 saturated heterocycles. The number of para-hydroxylation sites is 1. The second kappa shape index (κ2) is 10.1. The Morgan fingerprint density at radius 3 is 2.48 bits per heavy atom. The second-order valence-electron chi connectivity index (χ2n) is 11.4. The van der Waals surface area contributed by atoms with Crippen LogP contribution in [0, 0.1) is 13.8 Å². The molecule has 3 aromatic heterocycles. The van der Waals surface area contributed by atoms with Gasteiger partial charge in [0, 0.05) is 54.1 Å². The lowest BCUT2D eigenvalue weighted by Crippen LogP contribution is -2.25. The van der Waals surface area contributed by atoms with Crippen LogP contribution in [0.1, 0.15) is 27.0 Å². The van der Waals surface area contributed by atoms with Gasteiger partial charge in [0.1, 0.15) is 11.3 Å². The van der Waals surface area contributed by atoms with Gasteiger partial charge >= 0.3 is 0 Å². The molecule has 1 aliphatic heterocycles. The van der Waals surface area contributed by atoms with Crippen molar-refractivity contribution >= 4 is 43.5 Å². The molecule has 0 saturated carbocycles. The number of hydrogen-bond acceptors (Lipinski definition) is 5. The Morgan fingerprint density at radius 1 is 1.00 bits per heavy atom. The van der Waals surface area contributed by atoms with Gasteiger partial charge in [-0.05, 0) is 49.6 Å². The number of aromatic nitrogens is 2. The highest BCUT2D eigenvalue weighted by molar-refractivity contribution is 7.92. The number of pyridine rings is 1. The first-order chi connectivity index (χ1) is 21.1. The summed E-state index contributed by atoms with van der Waals surface area (Å²) in [6, 6.07) is 23.7. The summed E-state index contributed by atoms with van der Waals surface area (Å²) in [5, 5.41) is 4.52. The van der Waals surface area contributed by atoms with E-state index in [1.165, 1.54) is 28.5 Å². The van der Waals surface area contributed by atoms with Crippen molar-refractivity contribution in [3.05, 3.63) is 95.1 Å². The zero-order valence-electron chi connectivity index (χ0n) is 25.2. The van der Waals surface area contributed by atoms with E-state index < -0.39 is 10.0 Å². The van der Waals surface area contributed by atoms with E-state index in [4.69, 9.17) is 9.40 Å². The average molecular weight is 605 g/mol. The third kappa shape index (κ3) is 4.30. The predicted molar refractivity (Wildman–Crippen MR) is 176 cm³/mol. The van der Waals surface area contributed by atoms with Crippen LogP contribution in [0.3, 0.4) is 0 Å². The van der Waals surface area contributed by atoms with Gasteiger partial charge in [0.25, 0.3) is 5.91 Å². The van der Waals surface area contributed by atoms with Crippen molar-refractivity contribution in [2.45, 2.75) is 26.8 Å². The molecule has 0 unspecified atom stereocenters. The van der Waals surface area contributed by atoms with Crippen LogP contribution in [0.5, 0.6) is 0 Å². The van der Waals surface area contributed by atoms with Crippen LogP contribution in [0.2, 0.25) is 0 Å². The van der Waals surface area contributed by atoms with E-state index in [-0.39, 0.29) is 5.91 Å². The van der Waals surface area contributed by atoms with Crippen molar-refractivity contribution in [1.82, 2.24) is 14.9 Å². The van der Waals surface area contributed by atoms with E-state index in [0.717, 1.165) is 46.6 Å². The minimum atomic E-state index is -3.65. The number of furan rings is 1. The highest BCUT2D eigenvalue weighted by Gasteiger charge is 2.28. The fourth-order valence-electron chi connectivity index (χ4n) is 6.33. The van der Waals surface area contributed by atoms with Crippen LogP contribution in [-0.2, 0) is 23.0 Å². The molecule has 0 fully saturated rings. The summed E-state index contributed by atoms with van der Waals surface area (Å²) in [6.45, 7) is 4.98. The molecule has 9 heteroatoms. The molecule has 0 radical (unpaired) electrons. The molecule has 6 aromatic rings. The normalized spacial score (nSPS) is 12.8. The smallest absolute Gasteiger partial charge is 0.255 e. The Bertz CT molecular complexity index is 2250. The van der Waals surface area contributed by atoms with Crippen LogP contribution >= 0.6 is 0 Å². The summed E-state index contributed by atoms with van der Waals surface area (Å²) >= 11 is 0. The topological polar surface area (TPSA) is 97.4 Å². The summed E-state index contributed by atoms with van der Waals surface area (Å²) in [5.41, 5.74) is 9.66. The van der Waals surface area contributed by atoms with Crippen LogP contribution in [0.4, 0.5) is 5.69 Å². The molecule has 0 aliphatic carbocycles. The third-order valence-electron chi connectivity index (χ3n) is 8.72. The van der Waals surface area contributed by atoms with E-state index in [1.807, 2.05) is 43.3 Å². The number of nitrogens with zero attached hydrogens (tertiary/aromatic N) is 3. The Morgan fingerprint density at radius 2 is 1.75 bits per heavy atom. The fraction of sp³-hybridized carbons (Fsp3) is 0.200. The van der Waals surface area contributed by atoms with Crippen LogP contribution in [-0.4, -0.2) is 44.2 Å². The van der Waals surface area contributed by atoms with Crippen LogP contribution in [0.25, 0.3) is 55.8 Å². The average Bonchev–Trinajstić information content (AvgIpc) is 3.54. The number of aryl methyl sites for hydroxylation is 4. The molecule has 1 aliphatic rings. The van der Waals surface area contributed by atoms with E-state index in [2.05, 4.69) is 47.1 Å². The molecule has 1 N–H and O–H groups in total. The monoisotopic (exact) mass is 604 g/mol. The van der Waals surface area contributed by atoms with Crippen LogP contribution in [0.15, 0.2) is 77.2 Å². The molecule has 44 heavy (non-hydrogen) atoms. The molecule has 222 valence electrons. The third-order valence-corrected chi connectivity index (χ3v) is 9.91. The fourth-order valence-corrected chi connectivity index (χ4v) is 6.83. The van der Waals surface area contributed by atoms with Crippen molar-refractivity contribution < 1.29 is 17.6 Å². The quantitative estimate of drug-likeness (QED) is 0.236. The number of carbonyl (C=O) groups is 1. The number of carbonyl (C=O) groups excluding carboxylic acids is 1.